The Bertz CT molecular complexity index is 485. The van der Waals surface area contributed by atoms with Crippen LogP contribution in [-0.4, -0.2) is 18.1 Å². The topological polar surface area (TPSA) is 55.8 Å². The third-order valence-corrected chi connectivity index (χ3v) is 1.65. The maximum Gasteiger partial charge on any atom is 0.472 e. The third-order valence-electron chi connectivity index (χ3n) is 0.744. The second kappa shape index (κ2) is 5.76. The Kier molecular flexibility index (Phi) is 1.25. The maximum atomic E-state index is 11.8. The Morgan fingerprint density at radius 1 is 1.31 bits per heavy atom. The summed E-state index contributed by atoms with van der Waals surface area (Å²) in [5.41, 5.74) is 0. The predicted octanol–water partition coefficient (Wildman–Crippen LogP) is 2.43. The Morgan fingerprint density at radius 2 is 1.69 bits per heavy atom. The van der Waals surface area contributed by atoms with Crippen LogP contribution in [0.3, 0.4) is 0 Å². The summed E-state index contributed by atoms with van der Waals surface area (Å²) >= 11 is 0. The van der Waals surface area contributed by atoms with Crippen LogP contribution in [0.1, 0.15) is 46.6 Å². The van der Waals surface area contributed by atoms with Gasteiger partial charge in [0, 0.05) is 19.2 Å². The van der Waals surface area contributed by atoms with Crippen LogP contribution in [0, 0.1) is 11.8 Å². The van der Waals surface area contributed by atoms with Gasteiger partial charge in [0.2, 0.25) is 0 Å². The number of hydrogen-bond donors (Lipinski definition) is 1. The van der Waals surface area contributed by atoms with Gasteiger partial charge in [-0.1, -0.05) is 27.4 Å². The molecule has 5 heteroatoms. The minimum Gasteiger partial charge on any atom is -0.302 e. The highest BCUT2D eigenvalue weighted by Gasteiger charge is 2.21. The van der Waals surface area contributed by atoms with Gasteiger partial charge in [-0.25, -0.2) is 4.57 Å². The second-order valence-corrected chi connectivity index (χ2v) is 3.43. The fourth-order valence-corrected chi connectivity index (χ4v) is 0.989. The fourth-order valence-electron chi connectivity index (χ4n) is 0.330. The second-order valence-electron chi connectivity index (χ2n) is 1.97. The van der Waals surface area contributed by atoms with Crippen molar-refractivity contribution in [2.75, 3.05) is 13.2 Å². The summed E-state index contributed by atoms with van der Waals surface area (Å²) in [5, 5.41) is 0. The summed E-state index contributed by atoms with van der Waals surface area (Å²) < 4.78 is 121. The molecule has 0 aromatic carbocycles. The predicted molar refractivity (Wildman–Crippen MR) is 51.4 cm³/mol. The van der Waals surface area contributed by atoms with Gasteiger partial charge < -0.3 is 4.89 Å². The summed E-state index contributed by atoms with van der Waals surface area (Å²) in [5.74, 6) is -6.65. The molecule has 0 radical (unpaired) electrons. The largest absolute Gasteiger partial charge is 0.472 e. The van der Waals surface area contributed by atoms with Gasteiger partial charge >= 0.3 is 7.82 Å². The standard InChI is InChI=1S/C8H19O4P/c1-7(2)5-11-13(9,10)12-6-8(3)4/h7-8H,5-6H2,1-4H3,(H,9,10)/i1D3,2D3,3D3,4D3,7D,8D. The lowest BCUT2D eigenvalue weighted by atomic mass is 10.2. The van der Waals surface area contributed by atoms with Crippen molar-refractivity contribution in [3.05, 3.63) is 0 Å². The first kappa shape index (κ1) is 2.82. The Hall–Kier alpha value is 0.110. The molecule has 0 saturated heterocycles. The first-order chi connectivity index (χ1) is 11.4. The highest BCUT2D eigenvalue weighted by Crippen LogP contribution is 2.43. The van der Waals surface area contributed by atoms with Crippen LogP contribution in [-0.2, 0) is 13.6 Å². The van der Waals surface area contributed by atoms with Crippen LogP contribution in [0.25, 0.3) is 0 Å². The first-order valence-electron chi connectivity index (χ1n) is 10.0. The zero-order chi connectivity index (χ0) is 22.3. The molecule has 1 N–H and O–H groups in total. The minimum atomic E-state index is -5.40. The molecular weight excluding hydrogens is 191 g/mol. The van der Waals surface area contributed by atoms with E-state index >= 15 is 0 Å². The van der Waals surface area contributed by atoms with Crippen LogP contribution in [0.5, 0.6) is 0 Å². The van der Waals surface area contributed by atoms with E-state index in [1.165, 1.54) is 0 Å². The van der Waals surface area contributed by atoms with E-state index < -0.39 is 60.2 Å². The monoisotopic (exact) mass is 224 g/mol. The van der Waals surface area contributed by atoms with Crippen LogP contribution >= 0.6 is 7.82 Å². The molecular formula is C8H19O4P. The van der Waals surface area contributed by atoms with E-state index in [1.807, 2.05) is 0 Å². The highest BCUT2D eigenvalue weighted by atomic mass is 31.2. The van der Waals surface area contributed by atoms with Gasteiger partial charge in [-0.15, -0.1) is 0 Å². The molecule has 0 spiro atoms. The lowest BCUT2D eigenvalue weighted by Gasteiger charge is -2.14. The van der Waals surface area contributed by atoms with Crippen molar-refractivity contribution in [1.29, 1.82) is 0 Å². The summed E-state index contributed by atoms with van der Waals surface area (Å²) in [7, 11) is -5.40. The lowest BCUT2D eigenvalue weighted by Crippen LogP contribution is -2.05. The van der Waals surface area contributed by atoms with E-state index in [4.69, 9.17) is 19.2 Å². The number of phosphoric acid groups is 1. The van der Waals surface area contributed by atoms with Crippen molar-refractivity contribution >= 4 is 7.82 Å². The molecule has 0 atom stereocenters. The van der Waals surface area contributed by atoms with Crippen molar-refractivity contribution < 1.29 is 37.7 Å². The van der Waals surface area contributed by atoms with E-state index in [0.717, 1.165) is 0 Å². The van der Waals surface area contributed by atoms with Crippen molar-refractivity contribution in [3.63, 3.8) is 0 Å². The Labute approximate surface area is 99.5 Å². The number of phosphoric ester groups is 1. The molecule has 4 nitrogen and oxygen atoms in total. The zero-order valence-electron chi connectivity index (χ0n) is 20.5. The van der Waals surface area contributed by atoms with Gasteiger partial charge in [0.15, 0.2) is 0 Å². The molecule has 0 heterocycles. The first-order valence-corrected chi connectivity index (χ1v) is 4.53. The van der Waals surface area contributed by atoms with E-state index in [0.29, 0.717) is 0 Å². The average molecular weight is 224 g/mol. The van der Waals surface area contributed by atoms with Gasteiger partial charge in [-0.05, 0) is 11.8 Å². The van der Waals surface area contributed by atoms with Crippen LogP contribution in [0.15, 0.2) is 0 Å². The van der Waals surface area contributed by atoms with E-state index in [9.17, 15) is 9.46 Å². The van der Waals surface area contributed by atoms with E-state index in [-0.39, 0.29) is 0 Å². The van der Waals surface area contributed by atoms with E-state index in [1.54, 1.807) is 0 Å². The van der Waals surface area contributed by atoms with Crippen LogP contribution in [0.2, 0.25) is 0 Å². The molecule has 0 unspecified atom stereocenters. The quantitative estimate of drug-likeness (QED) is 0.704. The molecule has 0 bridgehead atoms. The average Bonchev–Trinajstić information content (AvgIpc) is 2.37. The molecule has 0 aliphatic carbocycles. The molecule has 0 aromatic heterocycles. The molecule has 0 aliphatic rings. The number of hydrogen-bond acceptors (Lipinski definition) is 3. The number of rotatable bonds is 6. The Morgan fingerprint density at radius 3 is 2.00 bits per heavy atom. The van der Waals surface area contributed by atoms with Crippen LogP contribution in [0.4, 0.5) is 0 Å². The SMILES string of the molecule is [2H]C([2H])([2H])C([2H])(COP(=O)(O)OCC([2H])(C([2H])([2H])[2H])C([2H])([2H])[2H])C([2H])([2H])[2H]. The smallest absolute Gasteiger partial charge is 0.302 e. The molecule has 13 heavy (non-hydrogen) atoms. The van der Waals surface area contributed by atoms with Gasteiger partial charge in [-0.3, -0.25) is 9.05 Å². The van der Waals surface area contributed by atoms with Crippen molar-refractivity contribution in [3.8, 4) is 0 Å². The molecule has 0 amide bonds. The molecule has 0 rings (SSSR count). The molecule has 0 fully saturated rings. The van der Waals surface area contributed by atoms with Crippen molar-refractivity contribution in [2.24, 2.45) is 11.8 Å². The van der Waals surface area contributed by atoms with Gasteiger partial charge in [0.25, 0.3) is 0 Å². The van der Waals surface area contributed by atoms with Crippen molar-refractivity contribution in [2.45, 2.75) is 27.4 Å². The van der Waals surface area contributed by atoms with Gasteiger partial charge in [0.1, 0.15) is 0 Å². The molecule has 0 saturated carbocycles. The highest BCUT2D eigenvalue weighted by molar-refractivity contribution is 7.47. The molecule has 0 aromatic rings. The van der Waals surface area contributed by atoms with Gasteiger partial charge in [-0.2, -0.15) is 0 Å². The van der Waals surface area contributed by atoms with Gasteiger partial charge in [0.05, 0.1) is 13.2 Å². The molecule has 80 valence electrons. The maximum absolute atomic E-state index is 11.8. The third kappa shape index (κ3) is 8.44. The Balaban J connectivity index is 5.44. The minimum absolute atomic E-state index is 1.64. The van der Waals surface area contributed by atoms with Crippen LogP contribution < -0.4 is 0 Å². The fraction of sp³-hybridized carbons (Fsp3) is 1.00. The lowest BCUT2D eigenvalue weighted by molar-refractivity contribution is 0.126. The summed E-state index contributed by atoms with van der Waals surface area (Å²) in [6.45, 7) is -17.1. The molecule has 0 aliphatic heterocycles. The summed E-state index contributed by atoms with van der Waals surface area (Å²) in [4.78, 5) is 9.51. The van der Waals surface area contributed by atoms with E-state index in [2.05, 4.69) is 9.05 Å². The normalized spacial score (nSPS) is 34.2. The summed E-state index contributed by atoms with van der Waals surface area (Å²) in [6, 6.07) is 0. The zero-order valence-corrected chi connectivity index (χ0v) is 7.43. The summed E-state index contributed by atoms with van der Waals surface area (Å²) in [6.07, 6.45) is 0. The van der Waals surface area contributed by atoms with Crippen molar-refractivity contribution in [1.82, 2.24) is 0 Å².